The molecule has 4 aromatic rings. The number of H-pyrrole nitrogens is 1. The average Bonchev–Trinajstić information content (AvgIpc) is 3.29. The highest BCUT2D eigenvalue weighted by Crippen LogP contribution is 2.32. The highest BCUT2D eigenvalue weighted by molar-refractivity contribution is 5.96. The van der Waals surface area contributed by atoms with Crippen LogP contribution in [0.3, 0.4) is 0 Å². The van der Waals surface area contributed by atoms with Crippen molar-refractivity contribution in [3.63, 3.8) is 0 Å². The number of nitrogens with zero attached hydrogens (tertiary/aromatic N) is 5. The number of likely N-dealkylation sites (N-methyl/N-ethyl adjacent to an activating group) is 1. The summed E-state index contributed by atoms with van der Waals surface area (Å²) < 4.78 is 10.2. The number of methoxy groups -OCH3 is 1. The van der Waals surface area contributed by atoms with Crippen LogP contribution in [0.25, 0.3) is 33.5 Å². The van der Waals surface area contributed by atoms with E-state index in [1.807, 2.05) is 24.4 Å². The molecule has 0 aliphatic carbocycles. The summed E-state index contributed by atoms with van der Waals surface area (Å²) in [5.41, 5.74) is 4.99. The Kier molecular flexibility index (Phi) is 7.96. The van der Waals surface area contributed by atoms with Crippen LogP contribution in [0.4, 0.5) is 10.7 Å². The van der Waals surface area contributed by atoms with Gasteiger partial charge in [-0.15, -0.1) is 0 Å². The fraction of sp³-hybridized carbons (Fsp3) is 0.320. The number of carbonyl (C=O) groups excluding carboxylic acids is 1. The number of hydrogen-bond acceptors (Lipinski definition) is 8. The van der Waals surface area contributed by atoms with E-state index < -0.39 is 6.09 Å². The molecule has 10 nitrogen and oxygen atoms in total. The Morgan fingerprint density at radius 2 is 1.94 bits per heavy atom. The van der Waals surface area contributed by atoms with E-state index in [0.717, 1.165) is 47.5 Å². The summed E-state index contributed by atoms with van der Waals surface area (Å²) in [5.74, 6) is 0.826. The molecular weight excluding hydrogens is 446 g/mol. The second-order valence-electron chi connectivity index (χ2n) is 7.82. The number of carbonyl (C=O) groups is 1. The van der Waals surface area contributed by atoms with Crippen LogP contribution >= 0.6 is 0 Å². The Morgan fingerprint density at radius 1 is 1.11 bits per heavy atom. The van der Waals surface area contributed by atoms with Crippen molar-refractivity contribution in [2.45, 2.75) is 20.4 Å². The van der Waals surface area contributed by atoms with E-state index >= 15 is 0 Å². The van der Waals surface area contributed by atoms with E-state index in [9.17, 15) is 4.79 Å². The van der Waals surface area contributed by atoms with Crippen molar-refractivity contribution < 1.29 is 14.3 Å². The van der Waals surface area contributed by atoms with Gasteiger partial charge in [-0.1, -0.05) is 13.0 Å². The van der Waals surface area contributed by atoms with Gasteiger partial charge < -0.3 is 14.5 Å². The summed E-state index contributed by atoms with van der Waals surface area (Å²) in [7, 11) is 1.71. The summed E-state index contributed by atoms with van der Waals surface area (Å²) in [5, 5.41) is 2.62. The third-order valence-electron chi connectivity index (χ3n) is 5.49. The number of ether oxygens (including phenoxy) is 2. The third-order valence-corrected chi connectivity index (χ3v) is 5.49. The number of nitrogens with one attached hydrogen (secondary N) is 2. The number of pyridine rings is 1. The molecule has 35 heavy (non-hydrogen) atoms. The van der Waals surface area contributed by atoms with Gasteiger partial charge in [0.1, 0.15) is 5.52 Å². The molecule has 4 rings (SSSR count). The largest absolute Gasteiger partial charge is 0.450 e. The number of aromatic amines is 1. The molecule has 182 valence electrons. The second kappa shape index (κ2) is 11.5. The lowest BCUT2D eigenvalue weighted by atomic mass is 10.0. The fourth-order valence-electron chi connectivity index (χ4n) is 3.70. The van der Waals surface area contributed by atoms with Gasteiger partial charge in [0.25, 0.3) is 0 Å². The Morgan fingerprint density at radius 3 is 2.63 bits per heavy atom. The molecule has 0 radical (unpaired) electrons. The van der Waals surface area contributed by atoms with Crippen LogP contribution in [0.5, 0.6) is 0 Å². The first kappa shape index (κ1) is 24.2. The normalized spacial score (nSPS) is 11.2. The first-order valence-corrected chi connectivity index (χ1v) is 11.5. The minimum Gasteiger partial charge on any atom is -0.450 e. The molecule has 0 saturated heterocycles. The minimum atomic E-state index is -0.573. The van der Waals surface area contributed by atoms with E-state index in [2.05, 4.69) is 48.1 Å². The van der Waals surface area contributed by atoms with E-state index in [0.29, 0.717) is 17.9 Å². The molecule has 0 aliphatic rings. The molecule has 0 fully saturated rings. The van der Waals surface area contributed by atoms with Gasteiger partial charge in [-0.2, -0.15) is 0 Å². The SMILES string of the molecule is CCOC(=O)Nc1nc2c(-c3ncccn3)cc(-c3ccc(CN(CC)CCOC)nc3)cc2[nH]1. The zero-order valence-electron chi connectivity index (χ0n) is 20.1. The quantitative estimate of drug-likeness (QED) is 0.352. The van der Waals surface area contributed by atoms with Gasteiger partial charge in [0.15, 0.2) is 5.82 Å². The number of rotatable bonds is 10. The smallest absolute Gasteiger partial charge is 0.413 e. The predicted octanol–water partition coefficient (Wildman–Crippen LogP) is 4.12. The van der Waals surface area contributed by atoms with Gasteiger partial charge in [0.05, 0.1) is 24.4 Å². The molecule has 0 saturated carbocycles. The molecule has 0 spiro atoms. The van der Waals surface area contributed by atoms with Crippen molar-refractivity contribution in [1.29, 1.82) is 0 Å². The molecule has 3 aromatic heterocycles. The first-order chi connectivity index (χ1) is 17.1. The van der Waals surface area contributed by atoms with Crippen molar-refractivity contribution >= 4 is 23.1 Å². The average molecular weight is 476 g/mol. The predicted molar refractivity (Wildman–Crippen MR) is 134 cm³/mol. The fourth-order valence-corrected chi connectivity index (χ4v) is 3.70. The highest BCUT2D eigenvalue weighted by Gasteiger charge is 2.16. The van der Waals surface area contributed by atoms with Crippen LogP contribution in [-0.2, 0) is 16.0 Å². The van der Waals surface area contributed by atoms with Gasteiger partial charge in [-0.05, 0) is 43.3 Å². The lowest BCUT2D eigenvalue weighted by Gasteiger charge is -2.19. The molecule has 0 aliphatic heterocycles. The Hall–Kier alpha value is -3.89. The van der Waals surface area contributed by atoms with Crippen molar-refractivity contribution in [2.75, 3.05) is 38.7 Å². The highest BCUT2D eigenvalue weighted by atomic mass is 16.5. The number of anilines is 1. The monoisotopic (exact) mass is 475 g/mol. The van der Waals surface area contributed by atoms with Crippen molar-refractivity contribution in [3.05, 3.63) is 54.6 Å². The molecule has 1 amide bonds. The Labute approximate surface area is 203 Å². The Balaban J connectivity index is 1.67. The summed E-state index contributed by atoms with van der Waals surface area (Å²) in [6.45, 7) is 7.36. The molecule has 0 unspecified atom stereocenters. The van der Waals surface area contributed by atoms with Crippen LogP contribution in [0, 0.1) is 0 Å². The molecule has 0 bridgehead atoms. The molecule has 3 heterocycles. The topological polar surface area (TPSA) is 118 Å². The van der Waals surface area contributed by atoms with Crippen LogP contribution < -0.4 is 5.32 Å². The maximum Gasteiger partial charge on any atom is 0.413 e. The van der Waals surface area contributed by atoms with E-state index in [-0.39, 0.29) is 12.6 Å². The lowest BCUT2D eigenvalue weighted by molar-refractivity contribution is 0.147. The number of fused-ring (bicyclic) bond motifs is 1. The summed E-state index contributed by atoms with van der Waals surface area (Å²) >= 11 is 0. The van der Waals surface area contributed by atoms with Crippen LogP contribution in [0.15, 0.2) is 48.9 Å². The maximum atomic E-state index is 11.9. The molecular formula is C25H29N7O3. The summed E-state index contributed by atoms with van der Waals surface area (Å²) in [6.07, 6.45) is 4.66. The zero-order chi connectivity index (χ0) is 24.6. The van der Waals surface area contributed by atoms with Crippen molar-refractivity contribution in [2.24, 2.45) is 0 Å². The maximum absolute atomic E-state index is 11.9. The second-order valence-corrected chi connectivity index (χ2v) is 7.82. The van der Waals surface area contributed by atoms with E-state index in [1.165, 1.54) is 0 Å². The summed E-state index contributed by atoms with van der Waals surface area (Å²) in [6, 6.07) is 9.81. The van der Waals surface area contributed by atoms with Gasteiger partial charge in [0.2, 0.25) is 5.95 Å². The molecule has 1 aromatic carbocycles. The van der Waals surface area contributed by atoms with Gasteiger partial charge in [-0.25, -0.2) is 19.7 Å². The van der Waals surface area contributed by atoms with Crippen molar-refractivity contribution in [1.82, 2.24) is 29.8 Å². The van der Waals surface area contributed by atoms with E-state index in [4.69, 9.17) is 9.47 Å². The standard InChI is InChI=1S/C25H29N7O3/c1-4-32(11-12-34-3)16-19-8-7-17(15-28-19)18-13-20(23-26-9-6-10-27-23)22-21(14-18)29-24(30-22)31-25(33)35-5-2/h6-10,13-15H,4-5,11-12,16H2,1-3H3,(H2,29,30,31,33). The minimum absolute atomic E-state index is 0.269. The van der Waals surface area contributed by atoms with Gasteiger partial charge >= 0.3 is 6.09 Å². The van der Waals surface area contributed by atoms with Gasteiger partial charge in [-0.3, -0.25) is 15.2 Å². The van der Waals surface area contributed by atoms with Crippen LogP contribution in [0.2, 0.25) is 0 Å². The third kappa shape index (κ3) is 5.97. The number of hydrogen-bond donors (Lipinski definition) is 2. The number of benzene rings is 1. The number of aromatic nitrogens is 5. The molecule has 0 atom stereocenters. The van der Waals surface area contributed by atoms with E-state index in [1.54, 1.807) is 32.5 Å². The zero-order valence-corrected chi connectivity index (χ0v) is 20.1. The molecule has 2 N–H and O–H groups in total. The van der Waals surface area contributed by atoms with Crippen LogP contribution in [0.1, 0.15) is 19.5 Å². The first-order valence-electron chi connectivity index (χ1n) is 11.5. The summed E-state index contributed by atoms with van der Waals surface area (Å²) in [4.78, 5) is 35.4. The van der Waals surface area contributed by atoms with Gasteiger partial charge in [0, 0.05) is 49.9 Å². The number of imidazole rings is 1. The van der Waals surface area contributed by atoms with Crippen molar-refractivity contribution in [3.8, 4) is 22.5 Å². The Bertz CT molecular complexity index is 1260. The van der Waals surface area contributed by atoms with Crippen LogP contribution in [-0.4, -0.2) is 69.3 Å². The lowest BCUT2D eigenvalue weighted by Crippen LogP contribution is -2.27. The molecule has 10 heteroatoms. The number of amides is 1.